The molecule has 8 heteroatoms. The molecule has 0 amide bonds. The van der Waals surface area contributed by atoms with Gasteiger partial charge in [-0.1, -0.05) is 40.2 Å². The van der Waals surface area contributed by atoms with Gasteiger partial charge in [0.25, 0.3) is 0 Å². The largest absolute Gasteiger partial charge is 0.465 e. The Morgan fingerprint density at radius 3 is 2.36 bits per heavy atom. The number of carbonyl (C=O) groups excluding carboxylic acids is 2. The van der Waals surface area contributed by atoms with E-state index in [4.69, 9.17) is 9.47 Å². The van der Waals surface area contributed by atoms with Crippen molar-refractivity contribution in [2.24, 2.45) is 0 Å². The number of carbonyl (C=O) groups is 2. The van der Waals surface area contributed by atoms with Gasteiger partial charge in [-0.05, 0) is 29.8 Å². The van der Waals surface area contributed by atoms with Crippen LogP contribution in [0.5, 0.6) is 0 Å². The maximum absolute atomic E-state index is 14.0. The van der Waals surface area contributed by atoms with Gasteiger partial charge in [0, 0.05) is 10.9 Å². The Morgan fingerprint density at radius 2 is 1.75 bits per heavy atom. The molecule has 1 heterocycles. The fraction of sp³-hybridized carbons (Fsp3) is 0.150. The molecule has 0 atom stereocenters. The highest BCUT2D eigenvalue weighted by Crippen LogP contribution is 2.32. The van der Waals surface area contributed by atoms with Crippen LogP contribution in [0.15, 0.2) is 48.5 Å². The number of para-hydroxylation sites is 1. The summed E-state index contributed by atoms with van der Waals surface area (Å²) in [6.07, 6.45) is 0. The van der Waals surface area contributed by atoms with Gasteiger partial charge in [0.05, 0.1) is 19.9 Å². The second-order valence-corrected chi connectivity index (χ2v) is 6.30. The number of aromatic nitrogens is 2. The molecule has 1 aromatic heterocycles. The van der Waals surface area contributed by atoms with Gasteiger partial charge in [0.1, 0.15) is 17.1 Å². The predicted molar refractivity (Wildman–Crippen MR) is 104 cm³/mol. The van der Waals surface area contributed by atoms with Crippen molar-refractivity contribution in [3.8, 4) is 16.9 Å². The molecule has 0 saturated heterocycles. The molecule has 144 valence electrons. The molecule has 3 aromatic rings. The number of nitrogens with zero attached hydrogens (tertiary/aromatic N) is 2. The first kappa shape index (κ1) is 19.8. The van der Waals surface area contributed by atoms with Crippen LogP contribution in [-0.4, -0.2) is 35.9 Å². The zero-order valence-corrected chi connectivity index (χ0v) is 16.7. The molecule has 0 aliphatic heterocycles. The van der Waals surface area contributed by atoms with Crippen LogP contribution < -0.4 is 0 Å². The third-order valence-corrected chi connectivity index (χ3v) is 4.73. The van der Waals surface area contributed by atoms with Gasteiger partial charge in [-0.25, -0.2) is 18.7 Å². The fourth-order valence-corrected chi connectivity index (χ4v) is 3.32. The highest BCUT2D eigenvalue weighted by molar-refractivity contribution is 9.08. The number of hydrogen-bond acceptors (Lipinski definition) is 5. The van der Waals surface area contributed by atoms with Crippen molar-refractivity contribution in [1.29, 1.82) is 0 Å². The van der Waals surface area contributed by atoms with Crippen LogP contribution in [0.4, 0.5) is 4.39 Å². The van der Waals surface area contributed by atoms with Gasteiger partial charge in [0.2, 0.25) is 0 Å². The molecule has 0 aliphatic rings. The number of rotatable bonds is 5. The van der Waals surface area contributed by atoms with Crippen LogP contribution in [0.25, 0.3) is 16.9 Å². The van der Waals surface area contributed by atoms with E-state index in [0.717, 1.165) is 0 Å². The molecular formula is C20H16BrFN2O4. The Bertz CT molecular complexity index is 1030. The van der Waals surface area contributed by atoms with E-state index in [1.807, 2.05) is 6.07 Å². The second kappa shape index (κ2) is 8.35. The minimum Gasteiger partial charge on any atom is -0.465 e. The minimum atomic E-state index is -0.776. The number of benzene rings is 2. The summed E-state index contributed by atoms with van der Waals surface area (Å²) in [5.41, 5.74) is 1.55. The normalized spacial score (nSPS) is 10.6. The highest BCUT2D eigenvalue weighted by Gasteiger charge is 2.32. The van der Waals surface area contributed by atoms with Crippen molar-refractivity contribution in [2.75, 3.05) is 14.2 Å². The molecule has 0 N–H and O–H groups in total. The van der Waals surface area contributed by atoms with Gasteiger partial charge < -0.3 is 9.47 Å². The van der Waals surface area contributed by atoms with Crippen molar-refractivity contribution >= 4 is 27.9 Å². The number of hydrogen-bond donors (Lipinski definition) is 0. The molecule has 0 radical (unpaired) electrons. The number of alkyl halides is 1. The van der Waals surface area contributed by atoms with Crippen molar-refractivity contribution in [2.45, 2.75) is 5.33 Å². The zero-order chi connectivity index (χ0) is 20.3. The number of halogens is 2. The molecule has 0 bridgehead atoms. The Kier molecular flexibility index (Phi) is 5.89. The van der Waals surface area contributed by atoms with Crippen LogP contribution in [0.3, 0.4) is 0 Å². The van der Waals surface area contributed by atoms with Crippen LogP contribution >= 0.6 is 15.9 Å². The minimum absolute atomic E-state index is 0.0917. The molecule has 28 heavy (non-hydrogen) atoms. The highest BCUT2D eigenvalue weighted by atomic mass is 79.9. The smallest absolute Gasteiger partial charge is 0.357 e. The Balaban J connectivity index is 2.41. The monoisotopic (exact) mass is 446 g/mol. The summed E-state index contributed by atoms with van der Waals surface area (Å²) in [7, 11) is 2.40. The first-order chi connectivity index (χ1) is 13.5. The Hall–Kier alpha value is -3.00. The maximum Gasteiger partial charge on any atom is 0.357 e. The van der Waals surface area contributed by atoms with E-state index in [0.29, 0.717) is 22.1 Å². The van der Waals surface area contributed by atoms with Crippen molar-refractivity contribution < 1.29 is 23.5 Å². The van der Waals surface area contributed by atoms with Crippen LogP contribution in [0.2, 0.25) is 0 Å². The fourth-order valence-electron chi connectivity index (χ4n) is 2.83. The second-order valence-electron chi connectivity index (χ2n) is 5.74. The average molecular weight is 447 g/mol. The zero-order valence-electron chi connectivity index (χ0n) is 15.1. The first-order valence-electron chi connectivity index (χ1n) is 8.21. The van der Waals surface area contributed by atoms with E-state index >= 15 is 0 Å². The van der Waals surface area contributed by atoms with Gasteiger partial charge in [-0.2, -0.15) is 5.10 Å². The van der Waals surface area contributed by atoms with E-state index in [1.165, 1.54) is 31.0 Å². The SMILES string of the molecule is COC(=O)c1c(-c2cc(F)ccc2CBr)nn(-c2ccccc2)c1C(=O)OC. The molecule has 2 aromatic carbocycles. The van der Waals surface area contributed by atoms with Crippen LogP contribution in [-0.2, 0) is 14.8 Å². The quantitative estimate of drug-likeness (QED) is 0.434. The molecule has 0 spiro atoms. The molecule has 6 nitrogen and oxygen atoms in total. The Labute approximate surface area is 169 Å². The van der Waals surface area contributed by atoms with Crippen molar-refractivity contribution in [1.82, 2.24) is 9.78 Å². The predicted octanol–water partition coefficient (Wildman–Crippen LogP) is 4.15. The maximum atomic E-state index is 14.0. The third kappa shape index (κ3) is 3.55. The summed E-state index contributed by atoms with van der Waals surface area (Å²) in [4.78, 5) is 25.1. The lowest BCUT2D eigenvalue weighted by molar-refractivity contribution is 0.0549. The lowest BCUT2D eigenvalue weighted by atomic mass is 10.0. The lowest BCUT2D eigenvalue weighted by Gasteiger charge is -2.07. The van der Waals surface area contributed by atoms with E-state index in [9.17, 15) is 14.0 Å². The summed E-state index contributed by atoms with van der Waals surface area (Å²) in [6.45, 7) is 0. The van der Waals surface area contributed by atoms with Crippen molar-refractivity contribution in [3.05, 3.63) is 71.2 Å². The summed E-state index contributed by atoms with van der Waals surface area (Å²) in [5, 5.41) is 4.86. The van der Waals surface area contributed by atoms with Gasteiger partial charge in [-0.15, -0.1) is 0 Å². The van der Waals surface area contributed by atoms with Gasteiger partial charge >= 0.3 is 11.9 Å². The van der Waals surface area contributed by atoms with E-state index in [-0.39, 0.29) is 17.0 Å². The van der Waals surface area contributed by atoms with Crippen LogP contribution in [0.1, 0.15) is 26.4 Å². The molecule has 3 rings (SSSR count). The first-order valence-corrected chi connectivity index (χ1v) is 9.33. The summed E-state index contributed by atoms with van der Waals surface area (Å²) in [5.74, 6) is -2.04. The summed E-state index contributed by atoms with van der Waals surface area (Å²) in [6, 6.07) is 12.9. The molecule has 0 aliphatic carbocycles. The summed E-state index contributed by atoms with van der Waals surface area (Å²) < 4.78 is 25.0. The summed E-state index contributed by atoms with van der Waals surface area (Å²) >= 11 is 3.36. The standard InChI is InChI=1S/C20H16BrFN2O4/c1-27-19(25)16-17(15-10-13(22)9-8-12(15)11-21)23-24(18(16)20(26)28-2)14-6-4-3-5-7-14/h3-10H,11H2,1-2H3. The molecular weight excluding hydrogens is 431 g/mol. The van der Waals surface area contributed by atoms with Gasteiger partial charge in [0.15, 0.2) is 5.69 Å². The van der Waals surface area contributed by atoms with E-state index in [1.54, 1.807) is 30.3 Å². The number of ether oxygens (including phenoxy) is 2. The van der Waals surface area contributed by atoms with Crippen molar-refractivity contribution in [3.63, 3.8) is 0 Å². The van der Waals surface area contributed by atoms with Gasteiger partial charge in [-0.3, -0.25) is 0 Å². The Morgan fingerprint density at radius 1 is 1.07 bits per heavy atom. The average Bonchev–Trinajstić information content (AvgIpc) is 3.13. The van der Waals surface area contributed by atoms with E-state index < -0.39 is 17.8 Å². The van der Waals surface area contributed by atoms with Crippen LogP contribution in [0, 0.1) is 5.82 Å². The lowest BCUT2D eigenvalue weighted by Crippen LogP contribution is -2.15. The topological polar surface area (TPSA) is 70.4 Å². The number of esters is 2. The van der Waals surface area contributed by atoms with E-state index in [2.05, 4.69) is 21.0 Å². The number of methoxy groups -OCH3 is 2. The third-order valence-electron chi connectivity index (χ3n) is 4.13. The molecule has 0 unspecified atom stereocenters. The molecule has 0 saturated carbocycles. The molecule has 0 fully saturated rings.